The van der Waals surface area contributed by atoms with E-state index in [1.165, 1.54) is 24.3 Å². The predicted octanol–water partition coefficient (Wildman–Crippen LogP) is 1.95. The molecule has 0 amide bonds. The second kappa shape index (κ2) is 5.10. The van der Waals surface area contributed by atoms with Crippen LogP contribution >= 0.6 is 11.6 Å². The van der Waals surface area contributed by atoms with Gasteiger partial charge in [0.1, 0.15) is 0 Å². The molecule has 4 nitrogen and oxygen atoms in total. The van der Waals surface area contributed by atoms with Gasteiger partial charge < -0.3 is 0 Å². The topological polar surface area (TPSA) is 58.9 Å². The number of isocyanates is 2. The molecule has 0 fully saturated rings. The van der Waals surface area contributed by atoms with Gasteiger partial charge in [-0.1, -0.05) is 17.7 Å². The Morgan fingerprint density at radius 3 is 2.57 bits per heavy atom. The van der Waals surface area contributed by atoms with Gasteiger partial charge in [-0.15, -0.1) is 0 Å². The maximum absolute atomic E-state index is 10.0. The molecule has 0 aromatic heterocycles. The molecule has 0 bridgehead atoms. The summed E-state index contributed by atoms with van der Waals surface area (Å²) in [5.74, 6) is 0. The Morgan fingerprint density at radius 1 is 1.21 bits per heavy atom. The van der Waals surface area contributed by atoms with E-state index in [1.807, 2.05) is 0 Å². The fourth-order valence-electron chi connectivity index (χ4n) is 0.927. The number of allylic oxidation sites excluding steroid dienone is 4. The maximum atomic E-state index is 10.0. The van der Waals surface area contributed by atoms with Gasteiger partial charge in [0.2, 0.25) is 12.2 Å². The molecule has 0 aromatic rings. The van der Waals surface area contributed by atoms with Crippen molar-refractivity contribution in [3.8, 4) is 0 Å². The molecule has 1 aliphatic rings. The number of rotatable bonds is 2. The van der Waals surface area contributed by atoms with Crippen molar-refractivity contribution in [3.63, 3.8) is 0 Å². The standard InChI is InChI=1S/C9H5ClN2O2/c10-7-1-2-8(11-5-13)4-9(3-7)12-6-14/h1,3-4H,2H2. The van der Waals surface area contributed by atoms with Crippen molar-refractivity contribution in [1.29, 1.82) is 0 Å². The summed E-state index contributed by atoms with van der Waals surface area (Å²) in [6, 6.07) is 0. The van der Waals surface area contributed by atoms with Crippen LogP contribution in [0.15, 0.2) is 44.6 Å². The quantitative estimate of drug-likeness (QED) is 0.514. The molecule has 1 aliphatic carbocycles. The molecule has 1 rings (SSSR count). The average molecular weight is 209 g/mol. The predicted molar refractivity (Wildman–Crippen MR) is 51.0 cm³/mol. The maximum Gasteiger partial charge on any atom is 0.240 e. The van der Waals surface area contributed by atoms with Crippen molar-refractivity contribution in [3.05, 3.63) is 34.7 Å². The van der Waals surface area contributed by atoms with E-state index in [0.29, 0.717) is 22.8 Å². The first kappa shape index (κ1) is 10.4. The molecule has 14 heavy (non-hydrogen) atoms. The third kappa shape index (κ3) is 2.96. The summed E-state index contributed by atoms with van der Waals surface area (Å²) in [5, 5.41) is 0.436. The second-order valence-electron chi connectivity index (χ2n) is 2.40. The van der Waals surface area contributed by atoms with Gasteiger partial charge in [-0.05, 0) is 12.2 Å². The van der Waals surface area contributed by atoms with Crippen LogP contribution in [0.1, 0.15) is 6.42 Å². The van der Waals surface area contributed by atoms with Gasteiger partial charge in [-0.3, -0.25) is 0 Å². The van der Waals surface area contributed by atoms with Crippen molar-refractivity contribution in [2.45, 2.75) is 6.42 Å². The van der Waals surface area contributed by atoms with Crippen molar-refractivity contribution in [2.24, 2.45) is 9.98 Å². The van der Waals surface area contributed by atoms with E-state index in [9.17, 15) is 9.59 Å². The van der Waals surface area contributed by atoms with Gasteiger partial charge >= 0.3 is 0 Å². The number of hydrogen-bond donors (Lipinski definition) is 0. The molecule has 0 atom stereocenters. The Balaban J connectivity index is 3.11. The van der Waals surface area contributed by atoms with Crippen LogP contribution in [-0.4, -0.2) is 12.2 Å². The summed E-state index contributed by atoms with van der Waals surface area (Å²) in [5.41, 5.74) is 0.758. The average Bonchev–Trinajstić information content (AvgIpc) is 2.30. The van der Waals surface area contributed by atoms with Crippen LogP contribution in [0.25, 0.3) is 0 Å². The number of hydrogen-bond acceptors (Lipinski definition) is 4. The van der Waals surface area contributed by atoms with Crippen LogP contribution in [0.2, 0.25) is 0 Å². The number of carbonyl (C=O) groups excluding carboxylic acids is 2. The van der Waals surface area contributed by atoms with E-state index in [-0.39, 0.29) is 0 Å². The lowest BCUT2D eigenvalue weighted by Crippen LogP contribution is -1.76. The molecule has 0 heterocycles. The fraction of sp³-hybridized carbons (Fsp3) is 0.111. The molecule has 0 saturated heterocycles. The molecule has 70 valence electrons. The molecular weight excluding hydrogens is 204 g/mol. The normalized spacial score (nSPS) is 15.1. The van der Waals surface area contributed by atoms with E-state index < -0.39 is 0 Å². The minimum absolute atomic E-state index is 0.313. The lowest BCUT2D eigenvalue weighted by molar-refractivity contribution is 0.564. The van der Waals surface area contributed by atoms with Crippen LogP contribution in [0, 0.1) is 0 Å². The van der Waals surface area contributed by atoms with E-state index in [2.05, 4.69) is 9.98 Å². The highest BCUT2D eigenvalue weighted by molar-refractivity contribution is 6.31. The summed E-state index contributed by atoms with van der Waals surface area (Å²) in [6.45, 7) is 0. The third-order valence-corrected chi connectivity index (χ3v) is 1.73. The van der Waals surface area contributed by atoms with Crippen molar-refractivity contribution < 1.29 is 9.59 Å². The molecule has 0 aliphatic heterocycles. The lowest BCUT2D eigenvalue weighted by Gasteiger charge is -1.90. The zero-order chi connectivity index (χ0) is 10.4. The molecule has 0 N–H and O–H groups in total. The highest BCUT2D eigenvalue weighted by Crippen LogP contribution is 2.19. The highest BCUT2D eigenvalue weighted by Gasteiger charge is 2.02. The Kier molecular flexibility index (Phi) is 3.77. The van der Waals surface area contributed by atoms with Crippen molar-refractivity contribution >= 4 is 23.8 Å². The molecule has 0 aromatic carbocycles. The first-order valence-electron chi connectivity index (χ1n) is 3.70. The summed E-state index contributed by atoms with van der Waals surface area (Å²) >= 11 is 5.74. The molecular formula is C9H5ClN2O2. The third-order valence-electron chi connectivity index (χ3n) is 1.47. The zero-order valence-corrected chi connectivity index (χ0v) is 7.78. The van der Waals surface area contributed by atoms with E-state index in [0.717, 1.165) is 0 Å². The smallest absolute Gasteiger partial charge is 0.211 e. The molecule has 0 radical (unpaired) electrons. The van der Waals surface area contributed by atoms with Gasteiger partial charge in [-0.25, -0.2) is 9.59 Å². The Hall–Kier alpha value is -1.73. The van der Waals surface area contributed by atoms with Crippen LogP contribution in [-0.2, 0) is 9.59 Å². The minimum Gasteiger partial charge on any atom is -0.211 e. The number of halogens is 1. The Morgan fingerprint density at radius 2 is 1.93 bits per heavy atom. The first-order valence-corrected chi connectivity index (χ1v) is 4.07. The summed E-state index contributed by atoms with van der Waals surface area (Å²) in [6.07, 6.45) is 7.81. The Bertz CT molecular complexity index is 422. The fourth-order valence-corrected chi connectivity index (χ4v) is 1.12. The minimum atomic E-state index is 0.313. The van der Waals surface area contributed by atoms with Gasteiger partial charge in [-0.2, -0.15) is 9.98 Å². The Labute approximate surface area is 85.0 Å². The van der Waals surface area contributed by atoms with Gasteiger partial charge in [0.15, 0.2) is 0 Å². The molecule has 0 spiro atoms. The first-order chi connectivity index (χ1) is 6.76. The van der Waals surface area contributed by atoms with Crippen LogP contribution < -0.4 is 0 Å². The van der Waals surface area contributed by atoms with E-state index in [4.69, 9.17) is 11.6 Å². The van der Waals surface area contributed by atoms with Crippen LogP contribution in [0.5, 0.6) is 0 Å². The summed E-state index contributed by atoms with van der Waals surface area (Å²) in [7, 11) is 0. The zero-order valence-electron chi connectivity index (χ0n) is 7.03. The molecule has 0 unspecified atom stereocenters. The van der Waals surface area contributed by atoms with Crippen LogP contribution in [0.3, 0.4) is 0 Å². The van der Waals surface area contributed by atoms with Crippen LogP contribution in [0.4, 0.5) is 0 Å². The molecule has 0 saturated carbocycles. The van der Waals surface area contributed by atoms with E-state index >= 15 is 0 Å². The molecule has 5 heteroatoms. The lowest BCUT2D eigenvalue weighted by atomic mass is 10.3. The number of aliphatic imine (C=N–C) groups is 2. The van der Waals surface area contributed by atoms with Crippen molar-refractivity contribution in [1.82, 2.24) is 0 Å². The largest absolute Gasteiger partial charge is 0.240 e. The van der Waals surface area contributed by atoms with Crippen molar-refractivity contribution in [2.75, 3.05) is 0 Å². The highest BCUT2D eigenvalue weighted by atomic mass is 35.5. The number of nitrogens with zero attached hydrogens (tertiary/aromatic N) is 2. The summed E-state index contributed by atoms with van der Waals surface area (Å²) < 4.78 is 0. The monoisotopic (exact) mass is 208 g/mol. The van der Waals surface area contributed by atoms with Gasteiger partial charge in [0.25, 0.3) is 0 Å². The van der Waals surface area contributed by atoms with Gasteiger partial charge in [0, 0.05) is 11.5 Å². The summed E-state index contributed by atoms with van der Waals surface area (Å²) in [4.78, 5) is 26.9. The SMILES string of the molecule is O=C=NC1=CC(Cl)=CCC(N=C=O)=C1. The van der Waals surface area contributed by atoms with E-state index in [1.54, 1.807) is 6.08 Å². The second-order valence-corrected chi connectivity index (χ2v) is 2.84. The van der Waals surface area contributed by atoms with Gasteiger partial charge in [0.05, 0.1) is 11.4 Å².